The number of nitrogens with zero attached hydrogens (tertiary/aromatic N) is 1. The van der Waals surface area contributed by atoms with Crippen molar-refractivity contribution in [1.82, 2.24) is 10.6 Å². The number of nitrogens with one attached hydrogen (secondary N) is 3. The van der Waals surface area contributed by atoms with Crippen LogP contribution in [0, 0.1) is 0 Å². The van der Waals surface area contributed by atoms with Crippen molar-refractivity contribution in [2.45, 2.75) is 46.4 Å². The zero-order valence-electron chi connectivity index (χ0n) is 18.1. The molecule has 162 valence electrons. The van der Waals surface area contributed by atoms with Crippen LogP contribution in [0.4, 0.5) is 5.69 Å². The first-order chi connectivity index (χ1) is 14.4. The number of amides is 1. The lowest BCUT2D eigenvalue weighted by molar-refractivity contribution is -0.114. The summed E-state index contributed by atoms with van der Waals surface area (Å²) in [5, 5.41) is 19.6. The summed E-state index contributed by atoms with van der Waals surface area (Å²) < 4.78 is 5.63. The Kier molecular flexibility index (Phi) is 9.15. The van der Waals surface area contributed by atoms with Crippen molar-refractivity contribution in [3.63, 3.8) is 0 Å². The molecule has 0 aliphatic heterocycles. The molecular formula is C23H32N4O3. The number of aliphatic hydroxyl groups is 1. The van der Waals surface area contributed by atoms with Crippen molar-refractivity contribution in [1.29, 1.82) is 0 Å². The molecule has 0 radical (unpaired) electrons. The van der Waals surface area contributed by atoms with Gasteiger partial charge in [-0.2, -0.15) is 0 Å². The molecule has 0 heterocycles. The minimum atomic E-state index is -0.676. The fraction of sp³-hybridized carbons (Fsp3) is 0.391. The highest BCUT2D eigenvalue weighted by atomic mass is 16.5. The molecular weight excluding hydrogens is 380 g/mol. The first-order valence-electron chi connectivity index (χ1n) is 10.2. The number of carbonyl (C=O) groups is 1. The highest BCUT2D eigenvalue weighted by Crippen LogP contribution is 2.18. The molecule has 1 amide bonds. The highest BCUT2D eigenvalue weighted by Gasteiger charge is 2.09. The van der Waals surface area contributed by atoms with Crippen molar-refractivity contribution in [2.75, 3.05) is 18.4 Å². The molecule has 1 atom stereocenters. The van der Waals surface area contributed by atoms with Crippen molar-refractivity contribution in [2.24, 2.45) is 4.99 Å². The van der Waals surface area contributed by atoms with Gasteiger partial charge in [0.2, 0.25) is 5.91 Å². The third-order valence-electron chi connectivity index (χ3n) is 4.11. The molecule has 0 saturated carbocycles. The Morgan fingerprint density at radius 2 is 1.87 bits per heavy atom. The standard InChI is InChI=1S/C23H32N4O3/c1-5-24-23(25-14-18-7-6-8-20(13-18)27-17(4)28)26-15-22(29)19-9-11-21(12-10-19)30-16(2)3/h6-13,16,22,29H,5,14-15H2,1-4H3,(H,27,28)(H2,24,25,26). The quantitative estimate of drug-likeness (QED) is 0.375. The van der Waals surface area contributed by atoms with Crippen LogP contribution in [0.15, 0.2) is 53.5 Å². The Hall–Kier alpha value is -3.06. The van der Waals surface area contributed by atoms with Crippen LogP contribution < -0.4 is 20.7 Å². The van der Waals surface area contributed by atoms with Gasteiger partial charge in [-0.15, -0.1) is 0 Å². The van der Waals surface area contributed by atoms with E-state index < -0.39 is 6.10 Å². The molecule has 2 rings (SSSR count). The Morgan fingerprint density at radius 1 is 1.13 bits per heavy atom. The van der Waals surface area contributed by atoms with Crippen LogP contribution in [0.1, 0.15) is 44.9 Å². The summed E-state index contributed by atoms with van der Waals surface area (Å²) in [7, 11) is 0. The maximum Gasteiger partial charge on any atom is 0.221 e. The molecule has 7 heteroatoms. The molecule has 2 aromatic carbocycles. The van der Waals surface area contributed by atoms with Gasteiger partial charge in [-0.05, 0) is 56.2 Å². The monoisotopic (exact) mass is 412 g/mol. The van der Waals surface area contributed by atoms with Crippen LogP contribution in [0.2, 0.25) is 0 Å². The molecule has 0 saturated heterocycles. The van der Waals surface area contributed by atoms with E-state index in [1.54, 1.807) is 0 Å². The number of aliphatic imine (C=N–C) groups is 1. The molecule has 30 heavy (non-hydrogen) atoms. The van der Waals surface area contributed by atoms with Gasteiger partial charge < -0.3 is 25.8 Å². The fourth-order valence-corrected chi connectivity index (χ4v) is 2.81. The van der Waals surface area contributed by atoms with Gasteiger partial charge in [-0.3, -0.25) is 4.79 Å². The molecule has 2 aromatic rings. The van der Waals surface area contributed by atoms with Gasteiger partial charge in [0.05, 0.1) is 18.8 Å². The summed E-state index contributed by atoms with van der Waals surface area (Å²) in [5.41, 5.74) is 2.52. The lowest BCUT2D eigenvalue weighted by Gasteiger charge is -2.16. The van der Waals surface area contributed by atoms with E-state index in [-0.39, 0.29) is 12.0 Å². The normalized spacial score (nSPS) is 12.4. The third-order valence-corrected chi connectivity index (χ3v) is 4.11. The summed E-state index contributed by atoms with van der Waals surface area (Å²) in [5.74, 6) is 1.29. The Balaban J connectivity index is 1.95. The highest BCUT2D eigenvalue weighted by molar-refractivity contribution is 5.88. The molecule has 0 aromatic heterocycles. The van der Waals surface area contributed by atoms with Crippen LogP contribution >= 0.6 is 0 Å². The number of rotatable bonds is 9. The number of benzene rings is 2. The molecule has 0 spiro atoms. The van der Waals surface area contributed by atoms with Crippen LogP contribution in [-0.2, 0) is 11.3 Å². The van der Waals surface area contributed by atoms with Gasteiger partial charge in [0.15, 0.2) is 5.96 Å². The van der Waals surface area contributed by atoms with E-state index in [2.05, 4.69) is 20.9 Å². The van der Waals surface area contributed by atoms with Gasteiger partial charge >= 0.3 is 0 Å². The third kappa shape index (κ3) is 8.13. The van der Waals surface area contributed by atoms with Crippen LogP contribution in [-0.4, -0.2) is 36.2 Å². The molecule has 4 N–H and O–H groups in total. The number of aliphatic hydroxyl groups excluding tert-OH is 1. The molecule has 7 nitrogen and oxygen atoms in total. The Labute approximate surface area is 178 Å². The summed E-state index contributed by atoms with van der Waals surface area (Å²) in [6.45, 7) is 8.89. The summed E-state index contributed by atoms with van der Waals surface area (Å²) in [6.07, 6.45) is -0.565. The predicted molar refractivity (Wildman–Crippen MR) is 121 cm³/mol. The zero-order valence-corrected chi connectivity index (χ0v) is 18.1. The number of hydrogen-bond acceptors (Lipinski definition) is 4. The Bertz CT molecular complexity index is 835. The molecule has 0 bridgehead atoms. The summed E-state index contributed by atoms with van der Waals surface area (Å²) >= 11 is 0. The van der Waals surface area contributed by atoms with Crippen molar-refractivity contribution >= 4 is 17.6 Å². The van der Waals surface area contributed by atoms with Crippen molar-refractivity contribution in [3.8, 4) is 5.75 Å². The van der Waals surface area contributed by atoms with E-state index >= 15 is 0 Å². The molecule has 0 aliphatic carbocycles. The van der Waals surface area contributed by atoms with Crippen molar-refractivity contribution in [3.05, 3.63) is 59.7 Å². The second kappa shape index (κ2) is 11.8. The number of ether oxygens (including phenoxy) is 1. The second-order valence-electron chi connectivity index (χ2n) is 7.21. The fourth-order valence-electron chi connectivity index (χ4n) is 2.81. The lowest BCUT2D eigenvalue weighted by atomic mass is 10.1. The van der Waals surface area contributed by atoms with E-state index in [0.29, 0.717) is 25.6 Å². The average molecular weight is 413 g/mol. The smallest absolute Gasteiger partial charge is 0.221 e. The number of hydrogen-bond donors (Lipinski definition) is 4. The topological polar surface area (TPSA) is 95.0 Å². The van der Waals surface area contributed by atoms with Gasteiger partial charge in [0, 0.05) is 25.7 Å². The largest absolute Gasteiger partial charge is 0.491 e. The maximum atomic E-state index is 11.2. The van der Waals surface area contributed by atoms with Crippen molar-refractivity contribution < 1.29 is 14.6 Å². The maximum absolute atomic E-state index is 11.2. The van der Waals surface area contributed by atoms with E-state index in [9.17, 15) is 9.90 Å². The number of anilines is 1. The Morgan fingerprint density at radius 3 is 2.50 bits per heavy atom. The molecule has 1 unspecified atom stereocenters. The van der Waals surface area contributed by atoms with E-state index in [0.717, 1.165) is 22.6 Å². The van der Waals surface area contributed by atoms with E-state index in [1.807, 2.05) is 69.3 Å². The molecule has 0 fully saturated rings. The van der Waals surface area contributed by atoms with Crippen LogP contribution in [0.3, 0.4) is 0 Å². The minimum Gasteiger partial charge on any atom is -0.491 e. The van der Waals surface area contributed by atoms with Gasteiger partial charge in [-0.25, -0.2) is 4.99 Å². The van der Waals surface area contributed by atoms with Crippen LogP contribution in [0.5, 0.6) is 5.75 Å². The summed E-state index contributed by atoms with van der Waals surface area (Å²) in [6, 6.07) is 15.0. The zero-order chi connectivity index (χ0) is 21.9. The van der Waals surface area contributed by atoms with Gasteiger partial charge in [-0.1, -0.05) is 24.3 Å². The predicted octanol–water partition coefficient (Wildman–Crippen LogP) is 3.22. The average Bonchev–Trinajstić information content (AvgIpc) is 2.70. The summed E-state index contributed by atoms with van der Waals surface area (Å²) in [4.78, 5) is 15.8. The number of carbonyl (C=O) groups excluding carboxylic acids is 1. The SMILES string of the molecule is CCNC(=NCc1cccc(NC(C)=O)c1)NCC(O)c1ccc(OC(C)C)cc1. The minimum absolute atomic E-state index is 0.108. The second-order valence-corrected chi connectivity index (χ2v) is 7.21. The first-order valence-corrected chi connectivity index (χ1v) is 10.2. The van der Waals surface area contributed by atoms with Crippen LogP contribution in [0.25, 0.3) is 0 Å². The number of guanidine groups is 1. The van der Waals surface area contributed by atoms with Gasteiger partial charge in [0.25, 0.3) is 0 Å². The molecule has 0 aliphatic rings. The van der Waals surface area contributed by atoms with E-state index in [4.69, 9.17) is 4.74 Å². The van der Waals surface area contributed by atoms with E-state index in [1.165, 1.54) is 6.92 Å². The first kappa shape index (κ1) is 23.2. The lowest BCUT2D eigenvalue weighted by Crippen LogP contribution is -2.39. The van der Waals surface area contributed by atoms with Gasteiger partial charge in [0.1, 0.15) is 5.75 Å².